The highest BCUT2D eigenvalue weighted by Crippen LogP contribution is 2.23. The molecule has 0 bridgehead atoms. The molecule has 0 fully saturated rings. The Kier molecular flexibility index (Phi) is 6.24. The molecule has 2 amide bonds. The molecule has 1 atom stereocenters. The summed E-state index contributed by atoms with van der Waals surface area (Å²) in [6.45, 7) is 0.151. The maximum atomic E-state index is 13.1. The van der Waals surface area contributed by atoms with E-state index in [1.54, 1.807) is 48.5 Å². The van der Waals surface area contributed by atoms with E-state index in [2.05, 4.69) is 10.6 Å². The number of carbonyl (C=O) groups excluding carboxylic acids is 2. The van der Waals surface area contributed by atoms with Gasteiger partial charge in [-0.05, 0) is 53.4 Å². The summed E-state index contributed by atoms with van der Waals surface area (Å²) in [6, 6.07) is 21.2. The van der Waals surface area contributed by atoms with Crippen molar-refractivity contribution >= 4 is 23.2 Å². The largest absolute Gasteiger partial charge is 0.459 e. The first-order valence-corrected chi connectivity index (χ1v) is 10.5. The fourth-order valence-corrected chi connectivity index (χ4v) is 3.70. The summed E-state index contributed by atoms with van der Waals surface area (Å²) in [7, 11) is 0. The van der Waals surface area contributed by atoms with Crippen LogP contribution in [0.2, 0.25) is 0 Å². The van der Waals surface area contributed by atoms with Crippen molar-refractivity contribution in [2.45, 2.75) is 12.6 Å². The molecule has 0 aliphatic rings. The third kappa shape index (κ3) is 5.07. The van der Waals surface area contributed by atoms with Crippen LogP contribution in [-0.2, 0) is 11.3 Å². The van der Waals surface area contributed by atoms with Crippen LogP contribution < -0.4 is 10.6 Å². The maximum absolute atomic E-state index is 13.1. The Morgan fingerprint density at radius 1 is 0.935 bits per heavy atom. The molecule has 2 aromatic carbocycles. The maximum Gasteiger partial charge on any atom is 0.262 e. The third-order valence-corrected chi connectivity index (χ3v) is 5.51. The average molecular weight is 434 g/mol. The minimum absolute atomic E-state index is 0.151. The number of nitrogens with one attached hydrogen (secondary N) is 2. The first kappa shape index (κ1) is 20.6. The summed E-state index contributed by atoms with van der Waals surface area (Å²) < 4.78 is 18.9. The van der Waals surface area contributed by atoms with E-state index in [0.29, 0.717) is 22.0 Å². The first-order chi connectivity index (χ1) is 15.1. The number of hydrogen-bond donors (Lipinski definition) is 2. The van der Waals surface area contributed by atoms with Crippen molar-refractivity contribution in [3.05, 3.63) is 106 Å². The number of carbonyl (C=O) groups is 2. The lowest BCUT2D eigenvalue weighted by atomic mass is 10.1. The lowest BCUT2D eigenvalue weighted by Crippen LogP contribution is -2.40. The Bertz CT molecular complexity index is 1160. The van der Waals surface area contributed by atoms with Crippen LogP contribution in [0, 0.1) is 5.82 Å². The van der Waals surface area contributed by atoms with E-state index in [1.165, 1.54) is 23.5 Å². The van der Waals surface area contributed by atoms with Gasteiger partial charge in [0.25, 0.3) is 5.91 Å². The molecule has 0 radical (unpaired) electrons. The fourth-order valence-electron chi connectivity index (χ4n) is 3.07. The molecule has 0 unspecified atom stereocenters. The van der Waals surface area contributed by atoms with Gasteiger partial charge in [-0.3, -0.25) is 9.59 Å². The molecule has 4 aromatic rings. The summed E-state index contributed by atoms with van der Waals surface area (Å²) >= 11 is 1.31. The molecule has 5 nitrogen and oxygen atoms in total. The Morgan fingerprint density at radius 3 is 2.42 bits per heavy atom. The Balaban J connectivity index is 1.45. The van der Waals surface area contributed by atoms with Gasteiger partial charge in [-0.2, -0.15) is 0 Å². The molecule has 156 valence electrons. The smallest absolute Gasteiger partial charge is 0.262 e. The molecule has 31 heavy (non-hydrogen) atoms. The monoisotopic (exact) mass is 434 g/mol. The highest BCUT2D eigenvalue weighted by Gasteiger charge is 2.23. The quantitative estimate of drug-likeness (QED) is 0.433. The van der Waals surface area contributed by atoms with Gasteiger partial charge in [-0.15, -0.1) is 11.3 Å². The van der Waals surface area contributed by atoms with Crippen LogP contribution in [0.4, 0.5) is 4.39 Å². The first-order valence-electron chi connectivity index (χ1n) is 9.62. The van der Waals surface area contributed by atoms with Crippen LogP contribution in [0.5, 0.6) is 0 Å². The Hall–Kier alpha value is -3.71. The molecule has 0 spiro atoms. The fraction of sp³-hybridized carbons (Fsp3) is 0.0833. The van der Waals surface area contributed by atoms with Crippen molar-refractivity contribution < 1.29 is 18.4 Å². The molecule has 2 heterocycles. The molecular formula is C24H19FN2O3S. The number of thiophene rings is 1. The van der Waals surface area contributed by atoms with Crippen LogP contribution in [0.15, 0.2) is 88.7 Å². The van der Waals surface area contributed by atoms with E-state index in [4.69, 9.17) is 4.42 Å². The van der Waals surface area contributed by atoms with Crippen molar-refractivity contribution in [1.29, 1.82) is 0 Å². The summed E-state index contributed by atoms with van der Waals surface area (Å²) in [4.78, 5) is 26.0. The third-order valence-electron chi connectivity index (χ3n) is 4.64. The topological polar surface area (TPSA) is 71.3 Å². The van der Waals surface area contributed by atoms with E-state index < -0.39 is 6.04 Å². The van der Waals surface area contributed by atoms with E-state index in [1.807, 2.05) is 23.6 Å². The van der Waals surface area contributed by atoms with Gasteiger partial charge < -0.3 is 15.1 Å². The van der Waals surface area contributed by atoms with Crippen LogP contribution in [0.25, 0.3) is 11.3 Å². The predicted molar refractivity (Wildman–Crippen MR) is 117 cm³/mol. The molecule has 2 aromatic heterocycles. The summed E-state index contributed by atoms with van der Waals surface area (Å²) in [5.41, 5.74) is 1.42. The lowest BCUT2D eigenvalue weighted by molar-refractivity contribution is -0.123. The number of amides is 2. The second kappa shape index (κ2) is 9.40. The standard InChI is InChI=1S/C24H19FN2O3S/c25-18-10-8-16(9-11-18)20-13-12-19(30-20)15-26-24(29)22(17-5-2-1-3-6-17)27-23(28)21-7-4-14-31-21/h1-14,22H,15H2,(H,26,29)(H,27,28)/t22-/m0/s1. The van der Waals surface area contributed by atoms with Gasteiger partial charge >= 0.3 is 0 Å². The number of benzene rings is 2. The van der Waals surface area contributed by atoms with Crippen molar-refractivity contribution in [3.63, 3.8) is 0 Å². The molecule has 7 heteroatoms. The zero-order chi connectivity index (χ0) is 21.6. The van der Waals surface area contributed by atoms with Gasteiger partial charge in [0.05, 0.1) is 11.4 Å². The van der Waals surface area contributed by atoms with Gasteiger partial charge in [-0.25, -0.2) is 4.39 Å². The highest BCUT2D eigenvalue weighted by atomic mass is 32.1. The van der Waals surface area contributed by atoms with Crippen molar-refractivity contribution in [1.82, 2.24) is 10.6 Å². The van der Waals surface area contributed by atoms with Gasteiger partial charge in [0.15, 0.2) is 0 Å². The van der Waals surface area contributed by atoms with E-state index in [-0.39, 0.29) is 24.2 Å². The predicted octanol–water partition coefficient (Wildman–Crippen LogP) is 4.93. The molecule has 0 saturated carbocycles. The molecule has 4 rings (SSSR count). The van der Waals surface area contributed by atoms with Crippen molar-refractivity contribution in [2.75, 3.05) is 0 Å². The summed E-state index contributed by atoms with van der Waals surface area (Å²) in [5, 5.41) is 7.43. The normalized spacial score (nSPS) is 11.6. The zero-order valence-electron chi connectivity index (χ0n) is 16.4. The molecule has 2 N–H and O–H groups in total. The minimum Gasteiger partial charge on any atom is -0.459 e. The lowest BCUT2D eigenvalue weighted by Gasteiger charge is -2.18. The van der Waals surface area contributed by atoms with Crippen molar-refractivity contribution in [2.24, 2.45) is 0 Å². The SMILES string of the molecule is O=C(N[C@H](C(=O)NCc1ccc(-c2ccc(F)cc2)o1)c1ccccc1)c1cccs1. The van der Waals surface area contributed by atoms with Crippen LogP contribution in [0.3, 0.4) is 0 Å². The number of rotatable bonds is 7. The van der Waals surface area contributed by atoms with Gasteiger partial charge in [0, 0.05) is 5.56 Å². The number of halogens is 1. The molecular weight excluding hydrogens is 415 g/mol. The number of hydrogen-bond acceptors (Lipinski definition) is 4. The van der Waals surface area contributed by atoms with Gasteiger partial charge in [-0.1, -0.05) is 36.4 Å². The van der Waals surface area contributed by atoms with Crippen molar-refractivity contribution in [3.8, 4) is 11.3 Å². The van der Waals surface area contributed by atoms with Crippen LogP contribution in [0.1, 0.15) is 27.0 Å². The summed E-state index contributed by atoms with van der Waals surface area (Å²) in [5.74, 6) is 0.143. The Morgan fingerprint density at radius 2 is 1.71 bits per heavy atom. The van der Waals surface area contributed by atoms with Crippen LogP contribution in [-0.4, -0.2) is 11.8 Å². The molecule has 0 aliphatic heterocycles. The molecule has 0 aliphatic carbocycles. The minimum atomic E-state index is -0.845. The Labute approximate surface area is 182 Å². The second-order valence-electron chi connectivity index (χ2n) is 6.79. The highest BCUT2D eigenvalue weighted by molar-refractivity contribution is 7.12. The van der Waals surface area contributed by atoms with E-state index in [9.17, 15) is 14.0 Å². The van der Waals surface area contributed by atoms with E-state index in [0.717, 1.165) is 5.56 Å². The van der Waals surface area contributed by atoms with E-state index >= 15 is 0 Å². The molecule has 0 saturated heterocycles. The van der Waals surface area contributed by atoms with Gasteiger partial charge in [0.2, 0.25) is 5.91 Å². The zero-order valence-corrected chi connectivity index (χ0v) is 17.2. The number of furan rings is 1. The summed E-state index contributed by atoms with van der Waals surface area (Å²) in [6.07, 6.45) is 0. The van der Waals surface area contributed by atoms with Gasteiger partial charge in [0.1, 0.15) is 23.4 Å². The van der Waals surface area contributed by atoms with Crippen LogP contribution >= 0.6 is 11.3 Å². The average Bonchev–Trinajstić information content (AvgIpc) is 3.49. The second-order valence-corrected chi connectivity index (χ2v) is 7.73.